The topological polar surface area (TPSA) is 13.1 Å². The highest BCUT2D eigenvalue weighted by molar-refractivity contribution is 6.27. The van der Waals surface area contributed by atoms with Crippen LogP contribution in [-0.4, -0.2) is 0 Å². The zero-order valence-corrected chi connectivity index (χ0v) is 27.1. The Labute approximate surface area is 305 Å². The van der Waals surface area contributed by atoms with E-state index in [4.69, 9.17) is 9.90 Å². The van der Waals surface area contributed by atoms with Gasteiger partial charge in [0.1, 0.15) is 11.2 Å². The second-order valence-corrected chi connectivity index (χ2v) is 13.0. The molecule has 0 radical (unpaired) electrons. The van der Waals surface area contributed by atoms with Crippen molar-refractivity contribution in [3.63, 3.8) is 0 Å². The number of hydrogen-bond donors (Lipinski definition) is 0. The zero-order valence-electron chi connectivity index (χ0n) is 35.1. The van der Waals surface area contributed by atoms with E-state index < -0.39 is 24.2 Å². The molecule has 0 bridgehead atoms. The van der Waals surface area contributed by atoms with Crippen LogP contribution in [0.25, 0.3) is 109 Å². The van der Waals surface area contributed by atoms with Gasteiger partial charge in [-0.15, -0.1) is 0 Å². The summed E-state index contributed by atoms with van der Waals surface area (Å²) in [5.74, 6) is 0. The summed E-state index contributed by atoms with van der Waals surface area (Å²) in [4.78, 5) is 0. The van der Waals surface area contributed by atoms with Crippen LogP contribution in [0.4, 0.5) is 0 Å². The van der Waals surface area contributed by atoms with Gasteiger partial charge in [-0.25, -0.2) is 0 Å². The molecule has 0 amide bonds. The fourth-order valence-electron chi connectivity index (χ4n) is 8.06. The van der Waals surface area contributed by atoms with Gasteiger partial charge in [0.25, 0.3) is 0 Å². The van der Waals surface area contributed by atoms with Crippen LogP contribution >= 0.6 is 0 Å². The molecule has 236 valence electrons. The van der Waals surface area contributed by atoms with Crippen LogP contribution in [0.3, 0.4) is 0 Å². The van der Waals surface area contributed by atoms with Gasteiger partial charge in [-0.2, -0.15) is 0 Å². The molecular weight excluding hydrogens is 617 g/mol. The largest absolute Gasteiger partial charge is 0.455 e. The molecule has 0 aliphatic heterocycles. The lowest BCUT2D eigenvalue weighted by Crippen LogP contribution is -1.91. The maximum atomic E-state index is 9.50. The maximum Gasteiger partial charge on any atom is 0.143 e. The van der Waals surface area contributed by atoms with Crippen LogP contribution in [-0.2, 0) is 0 Å². The van der Waals surface area contributed by atoms with Gasteiger partial charge < -0.3 is 4.42 Å². The summed E-state index contributed by atoms with van der Waals surface area (Å²) in [5, 5.41) is 8.46. The lowest BCUT2D eigenvalue weighted by atomic mass is 9.84. The van der Waals surface area contributed by atoms with E-state index in [9.17, 15) is 5.48 Å². The second kappa shape index (κ2) is 10.9. The van der Waals surface area contributed by atoms with E-state index >= 15 is 0 Å². The second-order valence-electron chi connectivity index (χ2n) is 13.0. The molecule has 0 aliphatic carbocycles. The molecule has 0 spiro atoms. The summed E-state index contributed by atoms with van der Waals surface area (Å²) in [6.07, 6.45) is 0. The highest BCUT2D eigenvalue weighted by atomic mass is 16.3. The molecule has 0 aliphatic rings. The van der Waals surface area contributed by atoms with Crippen molar-refractivity contribution in [3.05, 3.63) is 182 Å². The van der Waals surface area contributed by atoms with Crippen molar-refractivity contribution in [2.75, 3.05) is 0 Å². The Kier molecular flexibility index (Phi) is 4.57. The highest BCUT2D eigenvalue weighted by Crippen LogP contribution is 2.48. The normalized spacial score (nSPS) is 14.1. The summed E-state index contributed by atoms with van der Waals surface area (Å²) in [5.41, 5.74) is 4.82. The molecule has 1 heterocycles. The van der Waals surface area contributed by atoms with Gasteiger partial charge in [-0.1, -0.05) is 170 Å². The van der Waals surface area contributed by atoms with Crippen molar-refractivity contribution in [2.45, 2.75) is 0 Å². The standard InChI is InChI=1S/C50H30O/c1-3-14-36-31(11-1)23-26-34-13-9-20-37(46(34)36)33-24-27-35(28-25-33)47-39-16-5-7-18-41(39)48(42-19-8-6-17-40(42)47)43-21-10-22-45-49(43)44-30-29-32-12-2-4-15-38(32)50(44)51-45/h1-30H/i5D,6D,7D,8D,16D,17D,18D,19D. The molecule has 0 atom stereocenters. The predicted octanol–water partition coefficient (Wildman–Crippen LogP) is 14.4. The number of hydrogen-bond acceptors (Lipinski definition) is 1. The minimum atomic E-state index is -0.441. The van der Waals surface area contributed by atoms with Crippen LogP contribution in [0.2, 0.25) is 0 Å². The lowest BCUT2D eigenvalue weighted by Gasteiger charge is -2.18. The Balaban J connectivity index is 1.28. The van der Waals surface area contributed by atoms with Gasteiger partial charge >= 0.3 is 0 Å². The van der Waals surface area contributed by atoms with Crippen molar-refractivity contribution in [1.29, 1.82) is 0 Å². The van der Waals surface area contributed by atoms with Crippen molar-refractivity contribution < 1.29 is 15.4 Å². The molecular formula is C50H30O. The van der Waals surface area contributed by atoms with Gasteiger partial charge in [0.05, 0.1) is 11.0 Å². The third-order valence-electron chi connectivity index (χ3n) is 10.3. The van der Waals surface area contributed by atoms with E-state index in [1.165, 1.54) is 0 Å². The first-order chi connectivity index (χ1) is 28.6. The van der Waals surface area contributed by atoms with Crippen LogP contribution in [0, 0.1) is 0 Å². The number of fused-ring (bicyclic) bond motifs is 10. The molecule has 10 aromatic carbocycles. The zero-order chi connectivity index (χ0) is 40.4. The Morgan fingerprint density at radius 2 is 0.902 bits per heavy atom. The van der Waals surface area contributed by atoms with E-state index in [0.29, 0.717) is 38.8 Å². The average molecular weight is 655 g/mol. The Morgan fingerprint density at radius 1 is 0.353 bits per heavy atom. The summed E-state index contributed by atoms with van der Waals surface area (Å²) in [6, 6.07) is 40.8. The third kappa shape index (κ3) is 4.16. The van der Waals surface area contributed by atoms with Gasteiger partial charge in [0.2, 0.25) is 0 Å². The fourth-order valence-corrected chi connectivity index (χ4v) is 8.06. The van der Waals surface area contributed by atoms with Crippen LogP contribution in [0.1, 0.15) is 11.0 Å². The molecule has 0 saturated carbocycles. The van der Waals surface area contributed by atoms with Gasteiger partial charge in [0.15, 0.2) is 0 Å². The van der Waals surface area contributed by atoms with E-state index in [1.54, 1.807) is 6.07 Å². The van der Waals surface area contributed by atoms with Gasteiger partial charge in [0, 0.05) is 16.2 Å². The molecule has 11 aromatic rings. The molecule has 0 N–H and O–H groups in total. The van der Waals surface area contributed by atoms with Crippen molar-refractivity contribution in [3.8, 4) is 33.4 Å². The number of benzene rings is 10. The van der Waals surface area contributed by atoms with Crippen molar-refractivity contribution in [2.24, 2.45) is 0 Å². The summed E-state index contributed by atoms with van der Waals surface area (Å²) < 4.78 is 80.1. The Hall–Kier alpha value is -6.70. The minimum absolute atomic E-state index is 0.163. The fraction of sp³-hybridized carbons (Fsp3) is 0. The molecule has 51 heavy (non-hydrogen) atoms. The van der Waals surface area contributed by atoms with E-state index in [2.05, 4.69) is 36.4 Å². The first-order valence-corrected chi connectivity index (χ1v) is 16.9. The average Bonchev–Trinajstić information content (AvgIpc) is 3.67. The molecule has 0 saturated heterocycles. The highest BCUT2D eigenvalue weighted by Gasteiger charge is 2.21. The first kappa shape index (κ1) is 21.4. The maximum absolute atomic E-state index is 9.50. The first-order valence-electron chi connectivity index (χ1n) is 20.9. The smallest absolute Gasteiger partial charge is 0.143 e. The molecule has 11 rings (SSSR count). The monoisotopic (exact) mass is 654 g/mol. The lowest BCUT2D eigenvalue weighted by molar-refractivity contribution is 0.673. The Bertz CT molecular complexity index is 3560. The minimum Gasteiger partial charge on any atom is -0.455 e. The molecule has 1 heteroatoms. The molecule has 0 fully saturated rings. The number of rotatable bonds is 3. The SMILES string of the molecule is [2H]c1c([2H])c([2H])c2c(-c3cccc4oc5c6ccccc6ccc5c34)c3c([2H])c([2H])c([2H])c([2H])c3c(-c3ccc(-c4cccc5ccc6ccccc6c45)cc3)c2c1[2H]. The van der Waals surface area contributed by atoms with Crippen LogP contribution < -0.4 is 0 Å². The molecule has 1 aromatic heterocycles. The summed E-state index contributed by atoms with van der Waals surface area (Å²) in [6.45, 7) is 0. The van der Waals surface area contributed by atoms with E-state index in [1.807, 2.05) is 91.0 Å². The number of furan rings is 1. The van der Waals surface area contributed by atoms with Crippen LogP contribution in [0.15, 0.2) is 186 Å². The predicted molar refractivity (Wildman–Crippen MR) is 218 cm³/mol. The van der Waals surface area contributed by atoms with Crippen LogP contribution in [0.5, 0.6) is 0 Å². The van der Waals surface area contributed by atoms with E-state index in [-0.39, 0.29) is 45.7 Å². The third-order valence-corrected chi connectivity index (χ3v) is 10.3. The summed E-state index contributed by atoms with van der Waals surface area (Å²) >= 11 is 0. The quantitative estimate of drug-likeness (QED) is 0.136. The molecule has 1 nitrogen and oxygen atoms in total. The summed E-state index contributed by atoms with van der Waals surface area (Å²) in [7, 11) is 0. The van der Waals surface area contributed by atoms with Gasteiger partial charge in [-0.3, -0.25) is 0 Å². The van der Waals surface area contributed by atoms with Crippen molar-refractivity contribution >= 4 is 75.8 Å². The molecule has 0 unspecified atom stereocenters. The van der Waals surface area contributed by atoms with E-state index in [0.717, 1.165) is 48.8 Å². The van der Waals surface area contributed by atoms with Gasteiger partial charge in [-0.05, 0) is 94.0 Å². The Morgan fingerprint density at radius 3 is 1.65 bits per heavy atom. The van der Waals surface area contributed by atoms with Crippen molar-refractivity contribution in [1.82, 2.24) is 0 Å².